The Morgan fingerprint density at radius 1 is 1.19 bits per heavy atom. The number of rotatable bonds is 6. The fraction of sp³-hybridized carbons (Fsp3) is 0.533. The van der Waals surface area contributed by atoms with Gasteiger partial charge in [-0.05, 0) is 24.3 Å². The highest BCUT2D eigenvalue weighted by Gasteiger charge is 2.23. The van der Waals surface area contributed by atoms with E-state index in [-0.39, 0.29) is 5.92 Å². The predicted molar refractivity (Wildman–Crippen MR) is 68.6 cm³/mol. The summed E-state index contributed by atoms with van der Waals surface area (Å²) in [7, 11) is 0. The molecule has 0 bridgehead atoms. The minimum absolute atomic E-state index is 0.183. The molecule has 0 N–H and O–H groups in total. The van der Waals surface area contributed by atoms with Crippen molar-refractivity contribution in [1.29, 1.82) is 0 Å². The summed E-state index contributed by atoms with van der Waals surface area (Å²) in [5.74, 6) is 0.939. The van der Waals surface area contributed by atoms with Crippen molar-refractivity contribution in [3.8, 4) is 0 Å². The fourth-order valence-electron chi connectivity index (χ4n) is 2.28. The van der Waals surface area contributed by atoms with Crippen molar-refractivity contribution in [2.45, 2.75) is 46.0 Å². The van der Waals surface area contributed by atoms with Gasteiger partial charge >= 0.3 is 0 Å². The first kappa shape index (κ1) is 13.0. The normalized spacial score (nSPS) is 14.4. The molecule has 1 rings (SSSR count). The molecule has 0 fully saturated rings. The lowest BCUT2D eigenvalue weighted by Crippen LogP contribution is -2.19. The number of benzene rings is 1. The second-order valence-corrected chi connectivity index (χ2v) is 4.43. The first-order valence-corrected chi connectivity index (χ1v) is 6.28. The first-order valence-electron chi connectivity index (χ1n) is 6.28. The molecule has 1 aromatic carbocycles. The van der Waals surface area contributed by atoms with Crippen LogP contribution < -0.4 is 0 Å². The van der Waals surface area contributed by atoms with Gasteiger partial charge in [0, 0.05) is 12.3 Å². The van der Waals surface area contributed by atoms with Crippen molar-refractivity contribution in [3.05, 3.63) is 35.9 Å². The third-order valence-electron chi connectivity index (χ3n) is 3.28. The quantitative estimate of drug-likeness (QED) is 0.700. The summed E-state index contributed by atoms with van der Waals surface area (Å²) in [6.07, 6.45) is 2.61. The fourth-order valence-corrected chi connectivity index (χ4v) is 2.28. The van der Waals surface area contributed by atoms with Crippen molar-refractivity contribution in [2.75, 3.05) is 0 Å². The summed E-state index contributed by atoms with van der Waals surface area (Å²) in [6.45, 7) is 6.34. The van der Waals surface area contributed by atoms with Crippen molar-refractivity contribution in [3.63, 3.8) is 0 Å². The molecular formula is C15H22O. The lowest BCUT2D eigenvalue weighted by atomic mass is 9.82. The van der Waals surface area contributed by atoms with Gasteiger partial charge in [0.2, 0.25) is 0 Å². The van der Waals surface area contributed by atoms with Crippen LogP contribution in [0.2, 0.25) is 0 Å². The molecule has 0 aliphatic heterocycles. The van der Waals surface area contributed by atoms with Crippen LogP contribution in [0.4, 0.5) is 0 Å². The molecule has 0 aliphatic rings. The molecule has 0 unspecified atom stereocenters. The van der Waals surface area contributed by atoms with E-state index in [4.69, 9.17) is 0 Å². The highest BCUT2D eigenvalue weighted by Crippen LogP contribution is 2.28. The van der Waals surface area contributed by atoms with Gasteiger partial charge in [0.15, 0.2) is 0 Å². The smallest absolute Gasteiger partial charge is 0.136 e. The van der Waals surface area contributed by atoms with Crippen molar-refractivity contribution < 1.29 is 4.79 Å². The summed E-state index contributed by atoms with van der Waals surface area (Å²) in [5.41, 5.74) is 1.28. The summed E-state index contributed by atoms with van der Waals surface area (Å²) < 4.78 is 0. The summed E-state index contributed by atoms with van der Waals surface area (Å²) in [4.78, 5) is 12.0. The molecule has 0 amide bonds. The van der Waals surface area contributed by atoms with Gasteiger partial charge < -0.3 is 0 Å². The van der Waals surface area contributed by atoms with Gasteiger partial charge in [0.05, 0.1) is 0 Å². The number of carbonyl (C=O) groups excluding carboxylic acids is 1. The number of hydrogen-bond donors (Lipinski definition) is 0. The highest BCUT2D eigenvalue weighted by molar-refractivity contribution is 5.81. The SMILES string of the molecule is CCCC(=O)[C@H](CC)[C@@H](C)c1ccccc1. The van der Waals surface area contributed by atoms with Gasteiger partial charge in [-0.1, -0.05) is 51.1 Å². The van der Waals surface area contributed by atoms with E-state index in [0.29, 0.717) is 11.7 Å². The van der Waals surface area contributed by atoms with E-state index in [1.807, 2.05) is 18.2 Å². The number of hydrogen-bond acceptors (Lipinski definition) is 1. The highest BCUT2D eigenvalue weighted by atomic mass is 16.1. The Morgan fingerprint density at radius 3 is 2.31 bits per heavy atom. The lowest BCUT2D eigenvalue weighted by molar-refractivity contribution is -0.123. The lowest BCUT2D eigenvalue weighted by Gasteiger charge is -2.21. The molecule has 0 saturated heterocycles. The Hall–Kier alpha value is -1.11. The topological polar surface area (TPSA) is 17.1 Å². The first-order chi connectivity index (χ1) is 7.70. The number of Topliss-reactive ketones (excluding diaryl/α,β-unsaturated/α-hetero) is 1. The van der Waals surface area contributed by atoms with E-state index in [0.717, 1.165) is 19.3 Å². The van der Waals surface area contributed by atoms with Crippen molar-refractivity contribution >= 4 is 5.78 Å². The second-order valence-electron chi connectivity index (χ2n) is 4.43. The van der Waals surface area contributed by atoms with Crippen LogP contribution >= 0.6 is 0 Å². The molecule has 0 aromatic heterocycles. The average molecular weight is 218 g/mol. The van der Waals surface area contributed by atoms with Crippen LogP contribution in [-0.2, 0) is 4.79 Å². The molecular weight excluding hydrogens is 196 g/mol. The van der Waals surface area contributed by atoms with E-state index in [2.05, 4.69) is 32.9 Å². The zero-order valence-electron chi connectivity index (χ0n) is 10.6. The minimum atomic E-state index is 0.183. The standard InChI is InChI=1S/C15H22O/c1-4-9-15(16)14(5-2)12(3)13-10-7-6-8-11-13/h6-8,10-12,14H,4-5,9H2,1-3H3/t12-,14+/m0/s1. The monoisotopic (exact) mass is 218 g/mol. The molecule has 1 nitrogen and oxygen atoms in total. The van der Waals surface area contributed by atoms with Crippen molar-refractivity contribution in [1.82, 2.24) is 0 Å². The Morgan fingerprint density at radius 2 is 1.81 bits per heavy atom. The van der Waals surface area contributed by atoms with Gasteiger partial charge in [0.25, 0.3) is 0 Å². The molecule has 1 heteroatoms. The van der Waals surface area contributed by atoms with Crippen LogP contribution in [0.25, 0.3) is 0 Å². The second kappa shape index (κ2) is 6.47. The van der Waals surface area contributed by atoms with E-state index in [9.17, 15) is 4.79 Å². The molecule has 1 aromatic rings. The molecule has 2 atom stereocenters. The molecule has 0 aliphatic carbocycles. The number of carbonyl (C=O) groups is 1. The maximum Gasteiger partial charge on any atom is 0.136 e. The third-order valence-corrected chi connectivity index (χ3v) is 3.28. The molecule has 0 saturated carbocycles. The van der Waals surface area contributed by atoms with Gasteiger partial charge in [-0.3, -0.25) is 4.79 Å². The summed E-state index contributed by atoms with van der Waals surface area (Å²) in [5, 5.41) is 0. The van der Waals surface area contributed by atoms with Gasteiger partial charge in [0.1, 0.15) is 5.78 Å². The van der Waals surface area contributed by atoms with Crippen LogP contribution in [0.5, 0.6) is 0 Å². The van der Waals surface area contributed by atoms with Crippen molar-refractivity contribution in [2.24, 2.45) is 5.92 Å². The van der Waals surface area contributed by atoms with Gasteiger partial charge in [-0.2, -0.15) is 0 Å². The van der Waals surface area contributed by atoms with Gasteiger partial charge in [-0.15, -0.1) is 0 Å². The maximum atomic E-state index is 12.0. The van der Waals surface area contributed by atoms with Crippen LogP contribution in [0.3, 0.4) is 0 Å². The zero-order chi connectivity index (χ0) is 12.0. The third kappa shape index (κ3) is 3.19. The van der Waals surface area contributed by atoms with Gasteiger partial charge in [-0.25, -0.2) is 0 Å². The van der Waals surface area contributed by atoms with Crippen LogP contribution in [0, 0.1) is 5.92 Å². The van der Waals surface area contributed by atoms with E-state index in [1.165, 1.54) is 5.56 Å². The number of ketones is 1. The minimum Gasteiger partial charge on any atom is -0.299 e. The van der Waals surface area contributed by atoms with Crippen LogP contribution in [0.1, 0.15) is 51.5 Å². The maximum absolute atomic E-state index is 12.0. The average Bonchev–Trinajstić information content (AvgIpc) is 2.31. The summed E-state index contributed by atoms with van der Waals surface area (Å²) in [6, 6.07) is 10.3. The molecule has 0 spiro atoms. The Kier molecular flexibility index (Phi) is 5.24. The van der Waals surface area contributed by atoms with Crippen LogP contribution in [-0.4, -0.2) is 5.78 Å². The van der Waals surface area contributed by atoms with E-state index < -0.39 is 0 Å². The molecule has 16 heavy (non-hydrogen) atoms. The Labute approximate surface area is 98.9 Å². The van der Waals surface area contributed by atoms with E-state index in [1.54, 1.807) is 0 Å². The molecule has 0 radical (unpaired) electrons. The van der Waals surface area contributed by atoms with Crippen LogP contribution in [0.15, 0.2) is 30.3 Å². The summed E-state index contributed by atoms with van der Waals surface area (Å²) >= 11 is 0. The zero-order valence-corrected chi connectivity index (χ0v) is 10.6. The molecule has 0 heterocycles. The Balaban J connectivity index is 2.77. The van der Waals surface area contributed by atoms with E-state index >= 15 is 0 Å². The Bertz CT molecular complexity index is 315. The largest absolute Gasteiger partial charge is 0.299 e. The molecule has 88 valence electrons. The predicted octanol–water partition coefficient (Wildman–Crippen LogP) is 4.19.